The van der Waals surface area contributed by atoms with Crippen LogP contribution in [0.4, 0.5) is 10.1 Å². The molecule has 11 heterocycles. The van der Waals surface area contributed by atoms with Gasteiger partial charge in [-0.2, -0.15) is 4.39 Å². The van der Waals surface area contributed by atoms with Crippen LogP contribution in [0.5, 0.6) is 0 Å². The van der Waals surface area contributed by atoms with Crippen LogP contribution in [0, 0.1) is 22.9 Å². The van der Waals surface area contributed by atoms with Crippen LogP contribution in [0.2, 0.25) is 56.9 Å². The highest BCUT2D eigenvalue weighted by atomic mass is 79.9. The van der Waals surface area contributed by atoms with E-state index in [2.05, 4.69) is 125 Å². The molecule has 24 rings (SSSR count). The molecule has 0 radical (unpaired) electrons. The first-order valence-corrected chi connectivity index (χ1v) is 52.6. The molecule has 35 heteroatoms. The average molecular weight is 2030 g/mol. The van der Waals surface area contributed by atoms with Gasteiger partial charge in [-0.1, -0.05) is 278 Å². The summed E-state index contributed by atoms with van der Waals surface area (Å²) in [5, 5.41) is 127. The van der Waals surface area contributed by atoms with Crippen molar-refractivity contribution < 1.29 is 92.4 Å². The van der Waals surface area contributed by atoms with Crippen LogP contribution in [0.15, 0.2) is 286 Å². The minimum Gasteiger partial charge on any atom is -0.446 e. The summed E-state index contributed by atoms with van der Waals surface area (Å²) < 4.78 is 46.0. The third-order valence-electron chi connectivity index (χ3n) is 28.4. The molecule has 0 bridgehead atoms. The molecule has 728 valence electrons. The topological polar surface area (TPSA) is 368 Å². The molecular weight excluding hydrogens is 1910 g/mol. The Morgan fingerprint density at radius 3 is 1.41 bits per heavy atom. The van der Waals surface area contributed by atoms with E-state index in [1.165, 1.54) is 65.1 Å². The number of para-hydroxylation sites is 1. The van der Waals surface area contributed by atoms with E-state index in [4.69, 9.17) is 14.9 Å². The number of aromatic nitrogens is 1. The summed E-state index contributed by atoms with van der Waals surface area (Å²) in [5.74, 6) is -0.485. The van der Waals surface area contributed by atoms with Crippen molar-refractivity contribution in [3.63, 3.8) is 0 Å². The van der Waals surface area contributed by atoms with Crippen LogP contribution in [0.25, 0.3) is 16.6 Å². The van der Waals surface area contributed by atoms with E-state index in [0.717, 1.165) is 218 Å². The summed E-state index contributed by atoms with van der Waals surface area (Å²) in [7, 11) is -4.10. The number of fused-ring (bicyclic) bond motifs is 11. The number of aryl methyl sites for hydroxylation is 10. The zero-order valence-electron chi connectivity index (χ0n) is 80.5. The van der Waals surface area contributed by atoms with Crippen molar-refractivity contribution in [2.75, 3.05) is 0 Å². The van der Waals surface area contributed by atoms with E-state index in [1.807, 2.05) is 127 Å². The number of benzene rings is 13. The maximum atomic E-state index is 13.1. The SMILES string of the molecule is CC(=O)Cc1ccc2c(c1)B(O)CC2.Cc1cccc2c1B(O)CC2.O=C(Cc1ccccc1)Cc1ccc2c(c1)B(O)CC2.O=S(=O)(Cc1ccc2c(c1)B(O)CC2)c1ccccc1.O=[N+]([O-])c1cc2c(cc1F)CCB2O.OB1CCc2cc3c(cc21)COB3O.OB1CCc2ccc(-n3cc(Sc4ccccc4)c4ccccc43)cc21.OCc1cc2c(cc1Br)CCB2O.OCc1cccc2c1B(O)CC2. The van der Waals surface area contributed by atoms with E-state index >= 15 is 0 Å². The molecule has 12 N–H and O–H groups in total. The summed E-state index contributed by atoms with van der Waals surface area (Å²) in [6.07, 6.45) is 18.7. The van der Waals surface area contributed by atoms with Crippen LogP contribution in [-0.2, 0) is 127 Å². The van der Waals surface area contributed by atoms with Crippen LogP contribution in [-0.4, -0.2) is 159 Å². The zero-order valence-corrected chi connectivity index (χ0v) is 83.8. The summed E-state index contributed by atoms with van der Waals surface area (Å²) in [6, 6.07) is 83.5. The molecule has 10 aliphatic rings. The number of nitro groups is 1. The lowest BCUT2D eigenvalue weighted by molar-refractivity contribution is -0.387. The average Bonchev–Trinajstić information content (AvgIpc) is 1.61. The number of nitrogens with zero attached hydrogens (tertiary/aromatic N) is 2. The van der Waals surface area contributed by atoms with Gasteiger partial charge in [-0.05, 0) is 282 Å². The number of hydrogen-bond acceptors (Lipinski definition) is 20. The van der Waals surface area contributed by atoms with Gasteiger partial charge in [0, 0.05) is 56.9 Å². The quantitative estimate of drug-likeness (QED) is 0.0259. The number of halogens is 2. The summed E-state index contributed by atoms with van der Waals surface area (Å²) in [4.78, 5) is 35.5. The first-order valence-electron chi connectivity index (χ1n) is 49.3. The Kier molecular flexibility index (Phi) is 35.7. The van der Waals surface area contributed by atoms with E-state index in [-0.39, 0.29) is 78.9 Å². The largest absolute Gasteiger partial charge is 0.491 e. The Bertz CT molecular complexity index is 7080. The summed E-state index contributed by atoms with van der Waals surface area (Å²) >= 11 is 5.18. The highest BCUT2D eigenvalue weighted by Crippen LogP contribution is 2.38. The van der Waals surface area contributed by atoms with Crippen molar-refractivity contribution in [3.05, 3.63) is 382 Å². The molecule has 0 unspecified atom stereocenters. The maximum Gasteiger partial charge on any atom is 0.491 e. The summed E-state index contributed by atoms with van der Waals surface area (Å²) in [5.41, 5.74) is 29.3. The molecular formula is C109H112B10BrFN2O19S2. The van der Waals surface area contributed by atoms with Crippen molar-refractivity contribution in [2.45, 2.75) is 188 Å². The number of carbonyl (C=O) groups is 2. The van der Waals surface area contributed by atoms with Gasteiger partial charge in [-0.25, -0.2) is 8.42 Å². The predicted octanol–water partition coefficient (Wildman–Crippen LogP) is 8.78. The van der Waals surface area contributed by atoms with E-state index < -0.39 is 47.2 Å². The van der Waals surface area contributed by atoms with Crippen molar-refractivity contribution >= 4 is 190 Å². The second kappa shape index (κ2) is 48.5. The number of sulfone groups is 1. The molecule has 14 aromatic rings. The first-order chi connectivity index (χ1) is 69.4. The Morgan fingerprint density at radius 2 is 0.854 bits per heavy atom. The van der Waals surface area contributed by atoms with Gasteiger partial charge < -0.3 is 69.7 Å². The lowest BCUT2D eigenvalue weighted by atomic mass is 9.61. The molecule has 13 aromatic carbocycles. The molecule has 0 saturated heterocycles. The molecule has 0 fully saturated rings. The Morgan fingerprint density at radius 1 is 0.424 bits per heavy atom. The van der Waals surface area contributed by atoms with Crippen molar-refractivity contribution in [1.29, 1.82) is 0 Å². The van der Waals surface area contributed by atoms with E-state index in [1.54, 1.807) is 49.0 Å². The second-order valence-corrected chi connectivity index (χ2v) is 42.3. The minimum absolute atomic E-state index is 0.0145. The van der Waals surface area contributed by atoms with Gasteiger partial charge in [0.05, 0.1) is 40.9 Å². The highest BCUT2D eigenvalue weighted by molar-refractivity contribution is 9.10. The van der Waals surface area contributed by atoms with Crippen molar-refractivity contribution in [2.24, 2.45) is 0 Å². The van der Waals surface area contributed by atoms with Gasteiger partial charge in [-0.3, -0.25) is 19.7 Å². The molecule has 0 saturated carbocycles. The number of aliphatic hydroxyl groups excluding tert-OH is 2. The molecule has 1 aromatic heterocycles. The van der Waals surface area contributed by atoms with Crippen molar-refractivity contribution in [1.82, 2.24) is 4.57 Å². The Hall–Kier alpha value is -11.0. The van der Waals surface area contributed by atoms with Crippen molar-refractivity contribution in [3.8, 4) is 5.69 Å². The lowest BCUT2D eigenvalue weighted by Gasteiger charge is -2.09. The molecule has 0 aliphatic carbocycles. The van der Waals surface area contributed by atoms with Gasteiger partial charge in [0.1, 0.15) is 11.6 Å². The third-order valence-corrected chi connectivity index (χ3v) is 31.9. The fourth-order valence-corrected chi connectivity index (χ4v) is 23.8. The monoisotopic (exact) mass is 2020 g/mol. The Balaban J connectivity index is 0.000000118. The number of carbonyl (C=O) groups excluding carboxylic acids is 2. The standard InChI is InChI=1S/C22H18BNOS.C17H17BO2.C15H15BO3S.C11H13BO2.C9H10B2O3.C9H10BBrO2.C9H11BO2.C9H11BO.C8H7BFNO3/c25-23-13-12-16-10-11-17(14-20(16)23)24-15-22(19-8-4-5-9-21(19)24)26-18-6-2-1-3-7-18;19-16(10-13-4-2-1-3-5-13)11-14-6-7-15-8-9-18(20)17(15)12-14;17-16-9-8-13-7-6-12(10-15(13)16)11-20(18,19)14-4-2-1-3-5-14;1-8(13)6-9-2-3-10-4-5-12(14)11(10)7-9;12-10-2-1-6-3-9-7(4-8(6)10)5-14-11(9)13;11-9-4-6-1-2-10(13)8(6)3-7(9)5-12;11-6-8-3-1-2-7-4-5-10(12)9(7)8;1-7-3-2-4-8-5-6-10(11)9(7)8;10-7-3-5-1-2-9(12)6(5)4-8(7)11(13)14/h1-11,14-15,25H,12-13H2;1-7,12,20H,8-11H2;1-7,10,17H,8-9,11H2;2-3,7,14H,4-6H2,1H3;3-4,12-13H,1-2,5H2;3-4,12-13H,1-2,5H2;1-3,11-12H,4-6H2;2-4,11H,5-6H2,1H3;3-4,12H,1-2H2. The van der Waals surface area contributed by atoms with Crippen LogP contribution >= 0.6 is 27.7 Å². The molecule has 0 spiro atoms. The highest BCUT2D eigenvalue weighted by Gasteiger charge is 2.37. The second-order valence-electron chi connectivity index (χ2n) is 38.4. The maximum absolute atomic E-state index is 13.1. The third kappa shape index (κ3) is 25.8. The molecule has 0 amide bonds. The number of aliphatic hydroxyl groups is 2. The summed E-state index contributed by atoms with van der Waals surface area (Å²) in [6.45, 7) is 0.773. The molecule has 144 heavy (non-hydrogen) atoms. The first kappa shape index (κ1) is 106. The molecule has 10 aliphatic heterocycles. The normalized spacial score (nSPS) is 14.6. The number of rotatable bonds is 15. The lowest BCUT2D eigenvalue weighted by Crippen LogP contribution is -2.32. The van der Waals surface area contributed by atoms with Gasteiger partial charge in [0.2, 0.25) is 5.82 Å². The van der Waals surface area contributed by atoms with Gasteiger partial charge in [0.25, 0.3) is 0 Å². The van der Waals surface area contributed by atoms with Gasteiger partial charge in [-0.15, -0.1) is 0 Å². The number of hydrogen-bond donors (Lipinski definition) is 12. The predicted molar refractivity (Wildman–Crippen MR) is 584 cm³/mol. The molecule has 0 atom stereocenters. The fourth-order valence-electron chi connectivity index (χ4n) is 20.9. The number of ketones is 2. The smallest absolute Gasteiger partial charge is 0.446 e. The van der Waals surface area contributed by atoms with E-state index in [0.29, 0.717) is 54.5 Å². The number of Topliss-reactive ketones (excluding diaryl/α,β-unsaturated/α-hetero) is 2. The van der Waals surface area contributed by atoms with Gasteiger partial charge in [0.15, 0.2) is 9.84 Å². The number of nitro benzene ring substituents is 1. The Labute approximate surface area is 856 Å². The van der Waals surface area contributed by atoms with Crippen LogP contribution in [0.1, 0.15) is 102 Å². The van der Waals surface area contributed by atoms with Gasteiger partial charge >= 0.3 is 75.0 Å². The van der Waals surface area contributed by atoms with E-state index in [9.17, 15) is 82.8 Å². The van der Waals surface area contributed by atoms with Crippen LogP contribution < -0.4 is 54.6 Å². The zero-order chi connectivity index (χ0) is 102. The molecule has 21 nitrogen and oxygen atoms in total. The fraction of sp³-hybridized carbons (Fsp3) is 0.248. The van der Waals surface area contributed by atoms with Crippen LogP contribution in [0.3, 0.4) is 0 Å². The minimum atomic E-state index is -3.33.